The van der Waals surface area contributed by atoms with Crippen LogP contribution in [-0.4, -0.2) is 15.3 Å². The maximum atomic E-state index is 12.5. The van der Waals surface area contributed by atoms with E-state index in [0.717, 1.165) is 31.5 Å². The SMILES string of the molecule is Cn1ccnc1CCC(=O)C1CCCc2ccccc21. The number of imidazole rings is 1. The van der Waals surface area contributed by atoms with E-state index in [9.17, 15) is 4.79 Å². The van der Waals surface area contributed by atoms with Gasteiger partial charge in [-0.2, -0.15) is 0 Å². The van der Waals surface area contributed by atoms with Crippen molar-refractivity contribution < 1.29 is 4.79 Å². The van der Waals surface area contributed by atoms with Gasteiger partial charge in [-0.1, -0.05) is 24.3 Å². The molecule has 1 heterocycles. The minimum Gasteiger partial charge on any atom is -0.338 e. The first-order chi connectivity index (χ1) is 9.75. The van der Waals surface area contributed by atoms with Crippen LogP contribution in [0.1, 0.15) is 42.1 Å². The summed E-state index contributed by atoms with van der Waals surface area (Å²) in [6.45, 7) is 0. The minimum atomic E-state index is 0.0974. The number of aromatic nitrogens is 2. The Bertz CT molecular complexity index is 615. The molecule has 0 fully saturated rings. The number of carbonyl (C=O) groups excluding carboxylic acids is 1. The molecule has 1 atom stereocenters. The zero-order chi connectivity index (χ0) is 13.9. The molecule has 20 heavy (non-hydrogen) atoms. The Morgan fingerprint density at radius 1 is 1.40 bits per heavy atom. The monoisotopic (exact) mass is 268 g/mol. The third-order valence-electron chi connectivity index (χ3n) is 4.27. The lowest BCUT2D eigenvalue weighted by atomic mass is 9.79. The third kappa shape index (κ3) is 2.53. The molecule has 1 aromatic heterocycles. The molecular weight excluding hydrogens is 248 g/mol. The van der Waals surface area contributed by atoms with Crippen LogP contribution >= 0.6 is 0 Å². The van der Waals surface area contributed by atoms with E-state index in [4.69, 9.17) is 0 Å². The van der Waals surface area contributed by atoms with E-state index < -0.39 is 0 Å². The quantitative estimate of drug-likeness (QED) is 0.854. The molecule has 104 valence electrons. The van der Waals surface area contributed by atoms with E-state index in [1.165, 1.54) is 11.1 Å². The van der Waals surface area contributed by atoms with E-state index in [1.807, 2.05) is 23.9 Å². The number of nitrogens with zero attached hydrogens (tertiary/aromatic N) is 2. The summed E-state index contributed by atoms with van der Waals surface area (Å²) in [5, 5.41) is 0. The van der Waals surface area contributed by atoms with Gasteiger partial charge in [0.15, 0.2) is 0 Å². The van der Waals surface area contributed by atoms with E-state index in [-0.39, 0.29) is 5.92 Å². The Labute approximate surface area is 119 Å². The molecule has 3 nitrogen and oxygen atoms in total. The smallest absolute Gasteiger partial charge is 0.140 e. The average molecular weight is 268 g/mol. The van der Waals surface area contributed by atoms with Crippen LogP contribution in [0, 0.1) is 0 Å². The fourth-order valence-corrected chi connectivity index (χ4v) is 3.13. The van der Waals surface area contributed by atoms with Crippen LogP contribution in [-0.2, 0) is 24.7 Å². The Balaban J connectivity index is 1.71. The summed E-state index contributed by atoms with van der Waals surface area (Å²) in [6.07, 6.45) is 8.27. The predicted octanol–water partition coefficient (Wildman–Crippen LogP) is 3.04. The van der Waals surface area contributed by atoms with Crippen molar-refractivity contribution in [1.82, 2.24) is 9.55 Å². The van der Waals surface area contributed by atoms with Crippen LogP contribution in [0.15, 0.2) is 36.7 Å². The zero-order valence-electron chi connectivity index (χ0n) is 11.9. The average Bonchev–Trinajstić information content (AvgIpc) is 2.89. The summed E-state index contributed by atoms with van der Waals surface area (Å²) in [6, 6.07) is 8.40. The van der Waals surface area contributed by atoms with Gasteiger partial charge in [0.2, 0.25) is 0 Å². The summed E-state index contributed by atoms with van der Waals surface area (Å²) in [5.74, 6) is 1.45. The number of Topliss-reactive ketones (excluding diaryl/α,β-unsaturated/α-hetero) is 1. The minimum absolute atomic E-state index is 0.0974. The van der Waals surface area contributed by atoms with Gasteiger partial charge in [0.25, 0.3) is 0 Å². The zero-order valence-corrected chi connectivity index (χ0v) is 11.9. The van der Waals surface area contributed by atoms with Gasteiger partial charge in [-0.15, -0.1) is 0 Å². The molecule has 0 radical (unpaired) electrons. The summed E-state index contributed by atoms with van der Waals surface area (Å²) < 4.78 is 1.99. The second kappa shape index (κ2) is 5.61. The van der Waals surface area contributed by atoms with E-state index in [2.05, 4.69) is 23.2 Å². The normalized spacial score (nSPS) is 17.8. The number of ketones is 1. The second-order valence-electron chi connectivity index (χ2n) is 5.56. The van der Waals surface area contributed by atoms with Crippen LogP contribution in [0.5, 0.6) is 0 Å². The molecule has 1 unspecified atom stereocenters. The first-order valence-electron chi connectivity index (χ1n) is 7.32. The fourth-order valence-electron chi connectivity index (χ4n) is 3.13. The summed E-state index contributed by atoms with van der Waals surface area (Å²) in [4.78, 5) is 16.8. The first-order valence-corrected chi connectivity index (χ1v) is 7.32. The number of aryl methyl sites for hydroxylation is 3. The van der Waals surface area contributed by atoms with Crippen molar-refractivity contribution in [2.75, 3.05) is 0 Å². The van der Waals surface area contributed by atoms with Crippen LogP contribution in [0.3, 0.4) is 0 Å². The van der Waals surface area contributed by atoms with Gasteiger partial charge in [0.1, 0.15) is 11.6 Å². The van der Waals surface area contributed by atoms with E-state index >= 15 is 0 Å². The lowest BCUT2D eigenvalue weighted by Gasteiger charge is -2.24. The number of benzene rings is 1. The standard InChI is InChI=1S/C17H20N2O/c1-19-12-11-18-17(19)10-9-16(20)15-8-4-6-13-5-2-3-7-14(13)15/h2-3,5,7,11-12,15H,4,6,8-10H2,1H3. The fraction of sp³-hybridized carbons (Fsp3) is 0.412. The molecule has 0 amide bonds. The number of hydrogen-bond acceptors (Lipinski definition) is 2. The predicted molar refractivity (Wildman–Crippen MR) is 78.7 cm³/mol. The second-order valence-corrected chi connectivity index (χ2v) is 5.56. The molecule has 0 bridgehead atoms. The summed E-state index contributed by atoms with van der Waals surface area (Å²) >= 11 is 0. The number of fused-ring (bicyclic) bond motifs is 1. The van der Waals surface area contributed by atoms with Crippen LogP contribution in [0.2, 0.25) is 0 Å². The highest BCUT2D eigenvalue weighted by molar-refractivity contribution is 5.86. The molecule has 3 heteroatoms. The molecule has 0 aliphatic heterocycles. The molecule has 1 aliphatic carbocycles. The number of rotatable bonds is 4. The van der Waals surface area contributed by atoms with Crippen LogP contribution in [0.4, 0.5) is 0 Å². The van der Waals surface area contributed by atoms with Crippen molar-refractivity contribution in [1.29, 1.82) is 0 Å². The molecule has 0 N–H and O–H groups in total. The van der Waals surface area contributed by atoms with Crippen LogP contribution < -0.4 is 0 Å². The Kier molecular flexibility index (Phi) is 3.68. The van der Waals surface area contributed by atoms with Gasteiger partial charge in [0.05, 0.1) is 0 Å². The Morgan fingerprint density at radius 3 is 3.05 bits per heavy atom. The van der Waals surface area contributed by atoms with Crippen LogP contribution in [0.25, 0.3) is 0 Å². The van der Waals surface area contributed by atoms with Gasteiger partial charge < -0.3 is 4.57 Å². The largest absolute Gasteiger partial charge is 0.338 e. The molecule has 2 aromatic rings. The summed E-state index contributed by atoms with van der Waals surface area (Å²) in [7, 11) is 1.97. The lowest BCUT2D eigenvalue weighted by molar-refractivity contribution is -0.120. The van der Waals surface area contributed by atoms with Gasteiger partial charge in [-0.3, -0.25) is 4.79 Å². The number of hydrogen-bond donors (Lipinski definition) is 0. The van der Waals surface area contributed by atoms with Crippen molar-refractivity contribution in [3.63, 3.8) is 0 Å². The molecular formula is C17H20N2O. The first kappa shape index (κ1) is 13.1. The van der Waals surface area contributed by atoms with Crippen molar-refractivity contribution in [3.05, 3.63) is 53.6 Å². The lowest BCUT2D eigenvalue weighted by Crippen LogP contribution is -2.19. The highest BCUT2D eigenvalue weighted by Crippen LogP contribution is 2.32. The van der Waals surface area contributed by atoms with Crippen molar-refractivity contribution in [2.45, 2.75) is 38.0 Å². The third-order valence-corrected chi connectivity index (χ3v) is 4.27. The van der Waals surface area contributed by atoms with Crippen molar-refractivity contribution in [3.8, 4) is 0 Å². The molecule has 1 aromatic carbocycles. The molecule has 1 aliphatic rings. The van der Waals surface area contributed by atoms with Gasteiger partial charge in [0, 0.05) is 38.2 Å². The maximum absolute atomic E-state index is 12.5. The number of carbonyl (C=O) groups is 1. The van der Waals surface area contributed by atoms with Crippen molar-refractivity contribution in [2.24, 2.45) is 7.05 Å². The van der Waals surface area contributed by atoms with E-state index in [0.29, 0.717) is 12.2 Å². The summed E-state index contributed by atoms with van der Waals surface area (Å²) in [5.41, 5.74) is 2.61. The molecule has 0 spiro atoms. The van der Waals surface area contributed by atoms with Gasteiger partial charge in [-0.05, 0) is 30.4 Å². The molecule has 3 rings (SSSR count). The van der Waals surface area contributed by atoms with Gasteiger partial charge in [-0.25, -0.2) is 4.98 Å². The van der Waals surface area contributed by atoms with Gasteiger partial charge >= 0.3 is 0 Å². The Morgan fingerprint density at radius 2 is 2.25 bits per heavy atom. The highest BCUT2D eigenvalue weighted by atomic mass is 16.1. The van der Waals surface area contributed by atoms with Crippen molar-refractivity contribution >= 4 is 5.78 Å². The molecule has 0 saturated carbocycles. The highest BCUT2D eigenvalue weighted by Gasteiger charge is 2.25. The van der Waals surface area contributed by atoms with E-state index in [1.54, 1.807) is 6.20 Å². The Hall–Kier alpha value is -1.90. The molecule has 0 saturated heterocycles. The topological polar surface area (TPSA) is 34.9 Å². The maximum Gasteiger partial charge on any atom is 0.140 e.